The third-order valence-corrected chi connectivity index (χ3v) is 5.02. The van der Waals surface area contributed by atoms with Crippen LogP contribution >= 0.6 is 28.1 Å². The number of halogens is 1. The lowest BCUT2D eigenvalue weighted by atomic mass is 10.0. The van der Waals surface area contributed by atoms with Crippen LogP contribution in [0.3, 0.4) is 0 Å². The number of ether oxygens (including phenoxy) is 3. The molecule has 0 saturated heterocycles. The average molecular weight is 431 g/mol. The van der Waals surface area contributed by atoms with Crippen molar-refractivity contribution in [2.75, 3.05) is 14.2 Å². The lowest BCUT2D eigenvalue weighted by Crippen LogP contribution is -2.09. The molecule has 0 fully saturated rings. The van der Waals surface area contributed by atoms with E-state index in [4.69, 9.17) is 26.4 Å². The highest BCUT2D eigenvalue weighted by Gasteiger charge is 2.24. The number of rotatable bonds is 3. The van der Waals surface area contributed by atoms with E-state index in [2.05, 4.69) is 25.9 Å². The Hall–Kier alpha value is -2.38. The average Bonchev–Trinajstić information content (AvgIpc) is 2.66. The summed E-state index contributed by atoms with van der Waals surface area (Å²) < 4.78 is 18.2. The molecule has 1 N–H and O–H groups in total. The van der Waals surface area contributed by atoms with E-state index in [1.54, 1.807) is 14.2 Å². The van der Waals surface area contributed by atoms with Crippen molar-refractivity contribution in [3.8, 4) is 34.5 Å². The number of nitrogens with one attached hydrogen (secondary N) is 1. The summed E-state index contributed by atoms with van der Waals surface area (Å²) in [5.74, 6) is 3.40. The fourth-order valence-electron chi connectivity index (χ4n) is 2.92. The number of hydrogen-bond acceptors (Lipinski definition) is 5. The van der Waals surface area contributed by atoms with Crippen molar-refractivity contribution >= 4 is 28.1 Å². The smallest absolute Gasteiger partial charge is 0.205 e. The SMILES string of the molecule is COc1ccc(-c2nc(=S)c3c([nH]2)Oc2c(cc(Br)cc2OC)C3)cc1. The van der Waals surface area contributed by atoms with Gasteiger partial charge in [0.25, 0.3) is 0 Å². The molecule has 1 aliphatic heterocycles. The number of methoxy groups -OCH3 is 2. The monoisotopic (exact) mass is 430 g/mol. The van der Waals surface area contributed by atoms with E-state index < -0.39 is 0 Å². The Morgan fingerprint density at radius 2 is 1.92 bits per heavy atom. The molecular weight excluding hydrogens is 416 g/mol. The first-order valence-corrected chi connectivity index (χ1v) is 9.11. The minimum Gasteiger partial charge on any atom is -0.497 e. The van der Waals surface area contributed by atoms with E-state index in [0.29, 0.717) is 34.3 Å². The van der Waals surface area contributed by atoms with Crippen LogP contribution in [0, 0.1) is 4.64 Å². The molecule has 26 heavy (non-hydrogen) atoms. The maximum atomic E-state index is 6.11. The van der Waals surface area contributed by atoms with Gasteiger partial charge >= 0.3 is 0 Å². The molecule has 7 heteroatoms. The molecule has 0 unspecified atom stereocenters. The molecule has 0 saturated carbocycles. The number of hydrogen-bond donors (Lipinski definition) is 1. The Morgan fingerprint density at radius 3 is 2.62 bits per heavy atom. The molecule has 0 aliphatic carbocycles. The predicted molar refractivity (Wildman–Crippen MR) is 105 cm³/mol. The predicted octanol–water partition coefficient (Wildman–Crippen LogP) is 5.28. The number of benzene rings is 2. The van der Waals surface area contributed by atoms with Crippen molar-refractivity contribution < 1.29 is 14.2 Å². The van der Waals surface area contributed by atoms with Crippen LogP contribution in [0.2, 0.25) is 0 Å². The second-order valence-corrected chi connectivity index (χ2v) is 7.10. The van der Waals surface area contributed by atoms with Crippen molar-refractivity contribution in [2.24, 2.45) is 0 Å². The molecule has 4 rings (SSSR count). The van der Waals surface area contributed by atoms with Crippen LogP contribution in [-0.4, -0.2) is 24.2 Å². The van der Waals surface area contributed by atoms with Crippen LogP contribution in [0.15, 0.2) is 40.9 Å². The lowest BCUT2D eigenvalue weighted by molar-refractivity contribution is 0.365. The molecule has 2 aromatic carbocycles. The second kappa shape index (κ2) is 6.74. The molecule has 3 aromatic rings. The van der Waals surface area contributed by atoms with Gasteiger partial charge < -0.3 is 19.2 Å². The van der Waals surface area contributed by atoms with Crippen LogP contribution in [-0.2, 0) is 6.42 Å². The van der Waals surface area contributed by atoms with Crippen molar-refractivity contribution in [1.82, 2.24) is 9.97 Å². The van der Waals surface area contributed by atoms with E-state index >= 15 is 0 Å². The number of nitrogens with zero attached hydrogens (tertiary/aromatic N) is 1. The van der Waals surface area contributed by atoms with Crippen molar-refractivity contribution in [3.63, 3.8) is 0 Å². The molecule has 1 aromatic heterocycles. The zero-order valence-electron chi connectivity index (χ0n) is 14.1. The maximum absolute atomic E-state index is 6.11. The van der Waals surface area contributed by atoms with Gasteiger partial charge in [0.2, 0.25) is 5.88 Å². The van der Waals surface area contributed by atoms with Crippen molar-refractivity contribution in [3.05, 3.63) is 56.6 Å². The summed E-state index contributed by atoms with van der Waals surface area (Å²) >= 11 is 9.02. The number of aromatic amines is 1. The maximum Gasteiger partial charge on any atom is 0.205 e. The van der Waals surface area contributed by atoms with Gasteiger partial charge in [0.15, 0.2) is 11.5 Å². The number of H-pyrrole nitrogens is 1. The van der Waals surface area contributed by atoms with Crippen LogP contribution in [0.4, 0.5) is 0 Å². The van der Waals surface area contributed by atoms with E-state index in [1.807, 2.05) is 36.4 Å². The van der Waals surface area contributed by atoms with Gasteiger partial charge in [0, 0.05) is 22.0 Å². The highest BCUT2D eigenvalue weighted by atomic mass is 79.9. The minimum atomic E-state index is 0.522. The summed E-state index contributed by atoms with van der Waals surface area (Å²) in [6, 6.07) is 11.5. The fourth-order valence-corrected chi connectivity index (χ4v) is 3.66. The summed E-state index contributed by atoms with van der Waals surface area (Å²) in [5, 5.41) is 0. The number of fused-ring (bicyclic) bond motifs is 2. The van der Waals surface area contributed by atoms with E-state index in [0.717, 1.165) is 26.9 Å². The molecule has 1 aliphatic rings. The van der Waals surface area contributed by atoms with Gasteiger partial charge in [-0.1, -0.05) is 28.1 Å². The molecule has 132 valence electrons. The molecule has 5 nitrogen and oxygen atoms in total. The quantitative estimate of drug-likeness (QED) is 0.447. The lowest BCUT2D eigenvalue weighted by Gasteiger charge is -2.22. The highest BCUT2D eigenvalue weighted by Crippen LogP contribution is 2.43. The van der Waals surface area contributed by atoms with E-state index in [9.17, 15) is 0 Å². The van der Waals surface area contributed by atoms with E-state index in [-0.39, 0.29) is 0 Å². The summed E-state index contributed by atoms with van der Waals surface area (Å²) in [5.41, 5.74) is 2.77. The Bertz CT molecular complexity index is 1050. The van der Waals surface area contributed by atoms with Gasteiger partial charge in [-0.2, -0.15) is 0 Å². The Labute approximate surface area is 164 Å². The molecule has 0 atom stereocenters. The first-order chi connectivity index (χ1) is 12.6. The van der Waals surface area contributed by atoms with Gasteiger partial charge in [0.05, 0.1) is 19.8 Å². The van der Waals surface area contributed by atoms with Crippen LogP contribution in [0.25, 0.3) is 11.4 Å². The second-order valence-electron chi connectivity index (χ2n) is 5.80. The minimum absolute atomic E-state index is 0.522. The largest absolute Gasteiger partial charge is 0.497 e. The molecule has 2 heterocycles. The topological polar surface area (TPSA) is 56.4 Å². The molecule has 0 radical (unpaired) electrons. The standard InChI is InChI=1S/C19H15BrN2O3S/c1-23-13-5-3-10(4-6-13)17-21-18-14(19(26)22-17)8-11-7-12(20)9-15(24-2)16(11)25-18/h3-7,9H,8H2,1-2H3,(H,21,22,26). The van der Waals surface area contributed by atoms with Crippen LogP contribution < -0.4 is 14.2 Å². The summed E-state index contributed by atoms with van der Waals surface area (Å²) in [4.78, 5) is 7.80. The fraction of sp³-hybridized carbons (Fsp3) is 0.158. The van der Waals surface area contributed by atoms with Crippen molar-refractivity contribution in [1.29, 1.82) is 0 Å². The Morgan fingerprint density at radius 1 is 1.15 bits per heavy atom. The normalized spacial score (nSPS) is 12.0. The van der Waals surface area contributed by atoms with Gasteiger partial charge in [-0.15, -0.1) is 0 Å². The summed E-state index contributed by atoms with van der Waals surface area (Å²) in [7, 11) is 3.26. The third kappa shape index (κ3) is 2.97. The van der Waals surface area contributed by atoms with Gasteiger partial charge in [-0.05, 0) is 36.4 Å². The summed E-state index contributed by atoms with van der Waals surface area (Å²) in [6.45, 7) is 0. The summed E-state index contributed by atoms with van der Waals surface area (Å²) in [6.07, 6.45) is 0.631. The molecule has 0 spiro atoms. The number of aromatic nitrogens is 2. The van der Waals surface area contributed by atoms with Crippen LogP contribution in [0.1, 0.15) is 11.1 Å². The van der Waals surface area contributed by atoms with Gasteiger partial charge in [0.1, 0.15) is 16.2 Å². The Kier molecular flexibility index (Phi) is 4.42. The van der Waals surface area contributed by atoms with E-state index in [1.165, 1.54) is 0 Å². The first kappa shape index (κ1) is 17.1. The third-order valence-electron chi connectivity index (χ3n) is 4.23. The molecular formula is C19H15BrN2O3S. The highest BCUT2D eigenvalue weighted by molar-refractivity contribution is 9.10. The van der Waals surface area contributed by atoms with Crippen LogP contribution in [0.5, 0.6) is 23.1 Å². The zero-order chi connectivity index (χ0) is 18.3. The molecule has 0 bridgehead atoms. The first-order valence-electron chi connectivity index (χ1n) is 7.91. The molecule has 0 amide bonds. The van der Waals surface area contributed by atoms with Crippen molar-refractivity contribution in [2.45, 2.75) is 6.42 Å². The zero-order valence-corrected chi connectivity index (χ0v) is 16.5. The Balaban J connectivity index is 1.79. The van der Waals surface area contributed by atoms with Gasteiger partial charge in [-0.25, -0.2) is 4.98 Å². The van der Waals surface area contributed by atoms with Gasteiger partial charge in [-0.3, -0.25) is 0 Å².